The van der Waals surface area contributed by atoms with E-state index in [2.05, 4.69) is 11.8 Å². The Morgan fingerprint density at radius 2 is 1.70 bits per heavy atom. The van der Waals surface area contributed by atoms with Gasteiger partial charge in [-0.2, -0.15) is 0 Å². The summed E-state index contributed by atoms with van der Waals surface area (Å²) < 4.78 is 36.2. The van der Waals surface area contributed by atoms with Crippen molar-refractivity contribution in [2.24, 2.45) is 5.73 Å². The summed E-state index contributed by atoms with van der Waals surface area (Å²) in [6.07, 6.45) is 0.795. The van der Waals surface area contributed by atoms with Crippen LogP contribution in [0.5, 0.6) is 5.75 Å². The van der Waals surface area contributed by atoms with Crippen LogP contribution in [-0.2, 0) is 14.6 Å². The van der Waals surface area contributed by atoms with Crippen molar-refractivity contribution in [3.05, 3.63) is 72.7 Å². The minimum Gasteiger partial charge on any atom is -0.497 e. The smallest absolute Gasteiger partial charge is 0.340 e. The lowest BCUT2D eigenvalue weighted by Crippen LogP contribution is -2.54. The van der Waals surface area contributed by atoms with E-state index in [4.69, 9.17) is 14.9 Å². The zero-order valence-electron chi connectivity index (χ0n) is 16.0. The van der Waals surface area contributed by atoms with Crippen LogP contribution in [0.1, 0.15) is 12.2 Å². The molecule has 0 spiro atoms. The first kappa shape index (κ1) is 21.2. The first-order valence-corrected chi connectivity index (χ1v) is 10.3. The van der Waals surface area contributed by atoms with Crippen LogP contribution in [-0.4, -0.2) is 31.5 Å². The van der Waals surface area contributed by atoms with Crippen molar-refractivity contribution in [2.75, 3.05) is 7.11 Å². The van der Waals surface area contributed by atoms with Crippen LogP contribution in [0.4, 0.5) is 0 Å². The lowest BCUT2D eigenvalue weighted by molar-refractivity contribution is -0.139. The van der Waals surface area contributed by atoms with Gasteiger partial charge in [-0.3, -0.25) is 0 Å². The van der Waals surface area contributed by atoms with Gasteiger partial charge in [0, 0.05) is 0 Å². The number of hydrogen-bond donors (Lipinski definition) is 2. The van der Waals surface area contributed by atoms with E-state index in [1.807, 2.05) is 12.1 Å². The van der Waals surface area contributed by atoms with E-state index in [1.54, 1.807) is 43.5 Å². The molecule has 0 saturated heterocycles. The van der Waals surface area contributed by atoms with E-state index in [0.29, 0.717) is 5.75 Å². The second kappa shape index (κ2) is 8.45. The second-order valence-electron chi connectivity index (χ2n) is 6.41. The number of furan rings is 1. The number of nitrogens with two attached hydrogens (primary N) is 1. The van der Waals surface area contributed by atoms with Gasteiger partial charge in [0.15, 0.2) is 5.76 Å². The molecule has 30 heavy (non-hydrogen) atoms. The molecule has 1 heterocycles. The molecule has 3 aromatic rings. The Bertz CT molecular complexity index is 1190. The topological polar surface area (TPSA) is 120 Å². The van der Waals surface area contributed by atoms with Gasteiger partial charge in [0.05, 0.1) is 24.7 Å². The van der Waals surface area contributed by atoms with Gasteiger partial charge in [-0.05, 0) is 53.4 Å². The summed E-state index contributed by atoms with van der Waals surface area (Å²) in [4.78, 5) is 8.97. The fraction of sp³-hybridized carbons (Fsp3) is 0.136. The number of benzene rings is 2. The number of hydrogen-bond acceptors (Lipinski definition) is 6. The fourth-order valence-electron chi connectivity index (χ4n) is 2.72. The third-order valence-electron chi connectivity index (χ3n) is 4.51. The highest BCUT2D eigenvalue weighted by Crippen LogP contribution is 2.28. The quantitative estimate of drug-likeness (QED) is 0.583. The molecule has 0 saturated carbocycles. The van der Waals surface area contributed by atoms with Crippen molar-refractivity contribution < 1.29 is 27.5 Å². The molecule has 0 radical (unpaired) electrons. The molecule has 154 valence electrons. The lowest BCUT2D eigenvalue weighted by Gasteiger charge is -2.22. The number of methoxy groups -OCH3 is 1. The molecule has 3 N–H and O–H groups in total. The maximum atomic E-state index is 13.0. The zero-order chi connectivity index (χ0) is 21.8. The van der Waals surface area contributed by atoms with Gasteiger partial charge in [-0.1, -0.05) is 30.2 Å². The van der Waals surface area contributed by atoms with E-state index in [1.165, 1.54) is 18.4 Å². The average Bonchev–Trinajstić information content (AvgIpc) is 3.27. The molecule has 0 fully saturated rings. The molecule has 1 unspecified atom stereocenters. The minimum absolute atomic E-state index is 0.204. The predicted molar refractivity (Wildman–Crippen MR) is 110 cm³/mol. The molecule has 0 amide bonds. The molecule has 0 aliphatic carbocycles. The highest BCUT2D eigenvalue weighted by Gasteiger charge is 2.48. The molecule has 0 aliphatic rings. The number of sulfone groups is 1. The molecular weight excluding hydrogens is 406 g/mol. The Morgan fingerprint density at radius 3 is 2.20 bits per heavy atom. The molecule has 1 aromatic heterocycles. The van der Waals surface area contributed by atoms with Crippen LogP contribution in [0.15, 0.2) is 76.2 Å². The number of aliphatic carboxylic acids is 1. The highest BCUT2D eigenvalue weighted by atomic mass is 32.2. The Kier molecular flexibility index (Phi) is 5.96. The maximum absolute atomic E-state index is 13.0. The van der Waals surface area contributed by atoms with Crippen molar-refractivity contribution in [1.29, 1.82) is 0 Å². The van der Waals surface area contributed by atoms with Gasteiger partial charge in [0.2, 0.25) is 14.7 Å². The second-order valence-corrected chi connectivity index (χ2v) is 8.61. The SMILES string of the molecule is COc1ccc(-c2ccc(S(=O)(=O)C(N)(CC#Cc3ccco3)C(=O)O)cc2)cc1. The fourth-order valence-corrected chi connectivity index (χ4v) is 4.13. The first-order valence-electron chi connectivity index (χ1n) is 8.82. The van der Waals surface area contributed by atoms with Crippen molar-refractivity contribution in [1.82, 2.24) is 0 Å². The van der Waals surface area contributed by atoms with E-state index in [9.17, 15) is 18.3 Å². The van der Waals surface area contributed by atoms with Crippen LogP contribution in [0.25, 0.3) is 11.1 Å². The summed E-state index contributed by atoms with van der Waals surface area (Å²) in [6.45, 7) is 0. The third kappa shape index (κ3) is 4.08. The number of ether oxygens (including phenoxy) is 1. The normalized spacial score (nSPS) is 13.0. The van der Waals surface area contributed by atoms with Crippen molar-refractivity contribution in [3.8, 4) is 28.7 Å². The van der Waals surface area contributed by atoms with Gasteiger partial charge in [0.1, 0.15) is 5.75 Å². The molecule has 2 aromatic carbocycles. The van der Waals surface area contributed by atoms with Crippen LogP contribution in [0, 0.1) is 11.8 Å². The standard InChI is InChI=1S/C22H19NO6S/c1-28-18-10-6-16(7-11-18)17-8-12-20(13-9-17)30(26,27)22(23,21(24)25)14-2-4-19-5-3-15-29-19/h3,5-13,15H,14,23H2,1H3,(H,24,25). The molecule has 7 nitrogen and oxygen atoms in total. The molecule has 1 atom stereocenters. The van der Waals surface area contributed by atoms with Crippen LogP contribution in [0.3, 0.4) is 0 Å². The third-order valence-corrected chi connectivity index (χ3v) is 6.68. The van der Waals surface area contributed by atoms with Crippen molar-refractivity contribution >= 4 is 15.8 Å². The number of carbonyl (C=O) groups is 1. The summed E-state index contributed by atoms with van der Waals surface area (Å²) in [5.74, 6) is 4.35. The van der Waals surface area contributed by atoms with Gasteiger partial charge in [-0.25, -0.2) is 13.2 Å². The van der Waals surface area contributed by atoms with E-state index in [0.717, 1.165) is 11.1 Å². The summed E-state index contributed by atoms with van der Waals surface area (Å²) in [5.41, 5.74) is 7.44. The Labute approximate surface area is 174 Å². The molecular formula is C22H19NO6S. The monoisotopic (exact) mass is 425 g/mol. The molecule has 0 aliphatic heterocycles. The Morgan fingerprint density at radius 1 is 1.10 bits per heavy atom. The molecule has 8 heteroatoms. The number of carboxylic acids is 1. The summed E-state index contributed by atoms with van der Waals surface area (Å²) >= 11 is 0. The summed E-state index contributed by atoms with van der Waals surface area (Å²) in [6, 6.07) is 16.3. The van der Waals surface area contributed by atoms with Crippen molar-refractivity contribution in [3.63, 3.8) is 0 Å². The van der Waals surface area contributed by atoms with E-state index < -0.39 is 27.1 Å². The van der Waals surface area contributed by atoms with Crippen LogP contribution >= 0.6 is 0 Å². The summed E-state index contributed by atoms with van der Waals surface area (Å²) in [5, 5.41) is 9.56. The van der Waals surface area contributed by atoms with Crippen molar-refractivity contribution in [2.45, 2.75) is 16.2 Å². The van der Waals surface area contributed by atoms with E-state index >= 15 is 0 Å². The van der Waals surface area contributed by atoms with Crippen LogP contribution in [0.2, 0.25) is 0 Å². The van der Waals surface area contributed by atoms with Gasteiger partial charge < -0.3 is 20.0 Å². The number of carboxylic acid groups (broad SMARTS) is 1. The molecule has 0 bridgehead atoms. The molecule has 3 rings (SSSR count). The van der Waals surface area contributed by atoms with Crippen LogP contribution < -0.4 is 10.5 Å². The largest absolute Gasteiger partial charge is 0.497 e. The Balaban J connectivity index is 1.89. The summed E-state index contributed by atoms with van der Waals surface area (Å²) in [7, 11) is -2.86. The number of rotatable bonds is 6. The first-order chi connectivity index (χ1) is 14.3. The Hall–Kier alpha value is -3.54. The van der Waals surface area contributed by atoms with Gasteiger partial charge in [-0.15, -0.1) is 0 Å². The minimum atomic E-state index is -4.43. The zero-order valence-corrected chi connectivity index (χ0v) is 16.8. The maximum Gasteiger partial charge on any atom is 0.340 e. The van der Waals surface area contributed by atoms with E-state index in [-0.39, 0.29) is 10.7 Å². The van der Waals surface area contributed by atoms with Gasteiger partial charge >= 0.3 is 5.97 Å². The lowest BCUT2D eigenvalue weighted by atomic mass is 10.1. The predicted octanol–water partition coefficient (Wildman–Crippen LogP) is 2.91. The highest BCUT2D eigenvalue weighted by molar-refractivity contribution is 7.93. The van der Waals surface area contributed by atoms with Gasteiger partial charge in [0.25, 0.3) is 0 Å². The average molecular weight is 425 g/mol.